The largest absolute Gasteiger partial charge is 0.466 e. The van der Waals surface area contributed by atoms with E-state index < -0.39 is 17.9 Å². The van der Waals surface area contributed by atoms with Gasteiger partial charge in [-0.15, -0.1) is 11.6 Å². The smallest absolute Gasteiger partial charge is 0.321 e. The van der Waals surface area contributed by atoms with Crippen LogP contribution in [0.2, 0.25) is 0 Å². The molecular formula is C9H15ClN2O4. The number of urea groups is 1. The zero-order valence-corrected chi connectivity index (χ0v) is 9.80. The van der Waals surface area contributed by atoms with Gasteiger partial charge in [0.1, 0.15) is 0 Å². The highest BCUT2D eigenvalue weighted by atomic mass is 35.5. The number of ether oxygens (including phenoxy) is 1. The van der Waals surface area contributed by atoms with Gasteiger partial charge in [-0.25, -0.2) is 4.79 Å². The third-order valence-corrected chi connectivity index (χ3v) is 1.68. The maximum Gasteiger partial charge on any atom is 0.321 e. The molecule has 0 aromatic rings. The maximum atomic E-state index is 11.0. The number of carbonyl (C=O) groups is 3. The van der Waals surface area contributed by atoms with E-state index in [1.54, 1.807) is 6.92 Å². The highest BCUT2D eigenvalue weighted by Gasteiger charge is 2.07. The Hall–Kier alpha value is -1.30. The lowest BCUT2D eigenvalue weighted by Gasteiger charge is -2.05. The Morgan fingerprint density at radius 1 is 1.25 bits per heavy atom. The van der Waals surface area contributed by atoms with Crippen molar-refractivity contribution in [3.63, 3.8) is 0 Å². The Kier molecular flexibility index (Phi) is 8.24. The third-order valence-electron chi connectivity index (χ3n) is 1.49. The maximum absolute atomic E-state index is 11.0. The number of amides is 3. The predicted octanol–water partition coefficient (Wildman–Crippen LogP) is 0.394. The number of halogens is 1. The summed E-state index contributed by atoms with van der Waals surface area (Å²) in [6.07, 6.45) is 0.151. The van der Waals surface area contributed by atoms with Gasteiger partial charge in [0.15, 0.2) is 0 Å². The van der Waals surface area contributed by atoms with Crippen LogP contribution in [-0.2, 0) is 14.3 Å². The Bertz CT molecular complexity index is 258. The van der Waals surface area contributed by atoms with Crippen LogP contribution in [-0.4, -0.2) is 36.9 Å². The quantitative estimate of drug-likeness (QED) is 0.528. The van der Waals surface area contributed by atoms with E-state index in [0.29, 0.717) is 6.61 Å². The number of alkyl halides is 1. The standard InChI is InChI=1S/C9H15ClN2O4/c1-2-16-8(14)4-6-11-9(15)12-7(13)3-5-10/h2-6H2,1H3,(H2,11,12,13,15). The molecule has 16 heavy (non-hydrogen) atoms. The van der Waals surface area contributed by atoms with Crippen molar-refractivity contribution < 1.29 is 19.1 Å². The summed E-state index contributed by atoms with van der Waals surface area (Å²) >= 11 is 5.31. The van der Waals surface area contributed by atoms with E-state index in [-0.39, 0.29) is 25.3 Å². The summed E-state index contributed by atoms with van der Waals surface area (Å²) in [6, 6.07) is -0.639. The van der Waals surface area contributed by atoms with Crippen molar-refractivity contribution in [2.75, 3.05) is 19.0 Å². The highest BCUT2D eigenvalue weighted by Crippen LogP contribution is 1.85. The number of hydrogen-bond donors (Lipinski definition) is 2. The van der Waals surface area contributed by atoms with Crippen LogP contribution in [0, 0.1) is 0 Å². The minimum atomic E-state index is -0.639. The first-order valence-electron chi connectivity index (χ1n) is 4.89. The normalized spacial score (nSPS) is 9.38. The second kappa shape index (κ2) is 8.96. The van der Waals surface area contributed by atoms with Crippen molar-refractivity contribution in [1.29, 1.82) is 0 Å². The first-order chi connectivity index (χ1) is 7.60. The van der Waals surface area contributed by atoms with Crippen LogP contribution in [0.15, 0.2) is 0 Å². The summed E-state index contributed by atoms with van der Waals surface area (Å²) in [5.41, 5.74) is 0. The zero-order chi connectivity index (χ0) is 12.4. The lowest BCUT2D eigenvalue weighted by Crippen LogP contribution is -2.40. The minimum Gasteiger partial charge on any atom is -0.466 e. The first-order valence-corrected chi connectivity index (χ1v) is 5.42. The second-order valence-corrected chi connectivity index (χ2v) is 3.18. The van der Waals surface area contributed by atoms with Crippen molar-refractivity contribution in [3.05, 3.63) is 0 Å². The number of carbonyl (C=O) groups excluding carboxylic acids is 3. The highest BCUT2D eigenvalue weighted by molar-refractivity contribution is 6.19. The molecule has 6 nitrogen and oxygen atoms in total. The van der Waals surface area contributed by atoms with Crippen LogP contribution in [0.5, 0.6) is 0 Å². The van der Waals surface area contributed by atoms with Crippen molar-refractivity contribution in [3.8, 4) is 0 Å². The van der Waals surface area contributed by atoms with Crippen LogP contribution in [0.25, 0.3) is 0 Å². The first kappa shape index (κ1) is 14.7. The van der Waals surface area contributed by atoms with Gasteiger partial charge in [0.25, 0.3) is 0 Å². The van der Waals surface area contributed by atoms with Gasteiger partial charge in [-0.05, 0) is 6.92 Å². The molecule has 2 N–H and O–H groups in total. The number of hydrogen-bond acceptors (Lipinski definition) is 4. The second-order valence-electron chi connectivity index (χ2n) is 2.80. The van der Waals surface area contributed by atoms with Gasteiger partial charge in [0.05, 0.1) is 13.0 Å². The van der Waals surface area contributed by atoms with Crippen LogP contribution in [0.1, 0.15) is 19.8 Å². The predicted molar refractivity (Wildman–Crippen MR) is 58.1 cm³/mol. The Balaban J connectivity index is 3.58. The Labute approximate surface area is 98.7 Å². The van der Waals surface area contributed by atoms with Crippen LogP contribution in [0.3, 0.4) is 0 Å². The summed E-state index contributed by atoms with van der Waals surface area (Å²) in [7, 11) is 0. The number of nitrogens with one attached hydrogen (secondary N) is 2. The van der Waals surface area contributed by atoms with Gasteiger partial charge in [-0.2, -0.15) is 0 Å². The molecule has 92 valence electrons. The molecule has 0 saturated carbocycles. The number of rotatable bonds is 6. The molecule has 0 aromatic heterocycles. The minimum absolute atomic E-state index is 0.0744. The summed E-state index contributed by atoms with van der Waals surface area (Å²) in [5, 5.41) is 4.41. The molecule has 0 bridgehead atoms. The van der Waals surface area contributed by atoms with Crippen molar-refractivity contribution in [2.45, 2.75) is 19.8 Å². The van der Waals surface area contributed by atoms with E-state index in [4.69, 9.17) is 11.6 Å². The van der Waals surface area contributed by atoms with Crippen LogP contribution >= 0.6 is 11.6 Å². The van der Waals surface area contributed by atoms with Crippen LogP contribution < -0.4 is 10.6 Å². The van der Waals surface area contributed by atoms with Crippen molar-refractivity contribution in [1.82, 2.24) is 10.6 Å². The van der Waals surface area contributed by atoms with E-state index >= 15 is 0 Å². The monoisotopic (exact) mass is 250 g/mol. The molecule has 0 atom stereocenters. The molecule has 0 rings (SSSR count). The van der Waals surface area contributed by atoms with Crippen LogP contribution in [0.4, 0.5) is 4.79 Å². The number of esters is 1. The summed E-state index contributed by atoms with van der Waals surface area (Å²) in [6.45, 7) is 2.13. The molecule has 0 aliphatic rings. The molecule has 0 radical (unpaired) electrons. The molecule has 0 saturated heterocycles. The SMILES string of the molecule is CCOC(=O)CCNC(=O)NC(=O)CCCl. The average Bonchev–Trinajstić information content (AvgIpc) is 2.18. The van der Waals surface area contributed by atoms with Gasteiger partial charge in [0.2, 0.25) is 5.91 Å². The molecule has 0 aliphatic carbocycles. The lowest BCUT2D eigenvalue weighted by molar-refractivity contribution is -0.142. The summed E-state index contributed by atoms with van der Waals surface area (Å²) < 4.78 is 4.65. The third kappa shape index (κ3) is 8.05. The van der Waals surface area contributed by atoms with Gasteiger partial charge in [0, 0.05) is 18.8 Å². The van der Waals surface area contributed by atoms with Gasteiger partial charge in [-0.3, -0.25) is 14.9 Å². The summed E-state index contributed by atoms with van der Waals surface area (Å²) in [4.78, 5) is 32.8. The fourth-order valence-corrected chi connectivity index (χ4v) is 1.00. The van der Waals surface area contributed by atoms with Gasteiger partial charge in [-0.1, -0.05) is 0 Å². The molecule has 7 heteroatoms. The zero-order valence-electron chi connectivity index (χ0n) is 9.05. The van der Waals surface area contributed by atoms with Gasteiger partial charge >= 0.3 is 12.0 Å². The fourth-order valence-electron chi connectivity index (χ4n) is 0.830. The molecule has 0 unspecified atom stereocenters. The molecule has 0 aliphatic heterocycles. The topological polar surface area (TPSA) is 84.5 Å². The Morgan fingerprint density at radius 2 is 1.94 bits per heavy atom. The fraction of sp³-hybridized carbons (Fsp3) is 0.667. The Morgan fingerprint density at radius 3 is 2.50 bits per heavy atom. The van der Waals surface area contributed by atoms with E-state index in [1.165, 1.54) is 0 Å². The molecular weight excluding hydrogens is 236 g/mol. The molecule has 0 heterocycles. The molecule has 0 spiro atoms. The van der Waals surface area contributed by atoms with E-state index in [1.807, 2.05) is 0 Å². The molecule has 0 aromatic carbocycles. The van der Waals surface area contributed by atoms with E-state index in [2.05, 4.69) is 15.4 Å². The van der Waals surface area contributed by atoms with Gasteiger partial charge < -0.3 is 10.1 Å². The molecule has 3 amide bonds. The number of imide groups is 1. The van der Waals surface area contributed by atoms with Crippen molar-refractivity contribution >= 4 is 29.5 Å². The molecule has 0 fully saturated rings. The van der Waals surface area contributed by atoms with E-state index in [0.717, 1.165) is 0 Å². The lowest BCUT2D eigenvalue weighted by atomic mass is 10.4. The average molecular weight is 251 g/mol. The van der Waals surface area contributed by atoms with Crippen molar-refractivity contribution in [2.24, 2.45) is 0 Å². The summed E-state index contributed by atoms with van der Waals surface area (Å²) in [5.74, 6) is -0.694. The van der Waals surface area contributed by atoms with E-state index in [9.17, 15) is 14.4 Å².